The Balaban J connectivity index is 1.58. The lowest BCUT2D eigenvalue weighted by Crippen LogP contribution is -2.42. The molecule has 1 N–H and O–H groups in total. The monoisotopic (exact) mass is 471 g/mol. The van der Waals surface area contributed by atoms with Gasteiger partial charge in [-0.25, -0.2) is 4.79 Å². The molecule has 1 aliphatic heterocycles. The molecule has 2 aromatic rings. The predicted octanol–water partition coefficient (Wildman–Crippen LogP) is 4.87. The van der Waals surface area contributed by atoms with Gasteiger partial charge in [0, 0.05) is 12.7 Å². The summed E-state index contributed by atoms with van der Waals surface area (Å²) in [6.07, 6.45) is 3.67. The number of likely N-dealkylation sites (tertiary alicyclic amines) is 1. The summed E-state index contributed by atoms with van der Waals surface area (Å²) in [5.41, 5.74) is 2.35. The number of carboxylic acids is 1. The van der Waals surface area contributed by atoms with Gasteiger partial charge in [0.25, 0.3) is 0 Å². The highest BCUT2D eigenvalue weighted by Crippen LogP contribution is 2.48. The van der Waals surface area contributed by atoms with Crippen LogP contribution in [0.1, 0.15) is 37.3 Å². The van der Waals surface area contributed by atoms with Crippen molar-refractivity contribution in [3.05, 3.63) is 71.8 Å². The van der Waals surface area contributed by atoms with E-state index in [0.717, 1.165) is 24.8 Å². The summed E-state index contributed by atoms with van der Waals surface area (Å²) < 4.78 is 19.0. The second-order valence-electron chi connectivity index (χ2n) is 8.75. The first-order valence-electron chi connectivity index (χ1n) is 11.7. The Morgan fingerprint density at radius 1 is 1.03 bits per heavy atom. The first-order chi connectivity index (χ1) is 15.9. The van der Waals surface area contributed by atoms with Crippen LogP contribution in [0.2, 0.25) is 0 Å². The molecular weight excluding hydrogens is 437 g/mol. The number of benzene rings is 2. The van der Waals surface area contributed by atoms with Gasteiger partial charge in [0.15, 0.2) is 0 Å². The summed E-state index contributed by atoms with van der Waals surface area (Å²) >= 11 is 0. The third kappa shape index (κ3) is 7.55. The summed E-state index contributed by atoms with van der Waals surface area (Å²) in [7, 11) is -3.18. The molecule has 3 rings (SSSR count). The van der Waals surface area contributed by atoms with Crippen LogP contribution < -0.4 is 0 Å². The van der Waals surface area contributed by atoms with Crippen molar-refractivity contribution in [1.82, 2.24) is 4.90 Å². The molecule has 0 radical (unpaired) electrons. The number of aliphatic carboxylic acids is 1. The molecule has 0 aromatic heterocycles. The molecule has 0 bridgehead atoms. The van der Waals surface area contributed by atoms with Gasteiger partial charge >= 0.3 is 5.97 Å². The maximum absolute atomic E-state index is 13.4. The zero-order chi connectivity index (χ0) is 23.7. The van der Waals surface area contributed by atoms with Gasteiger partial charge in [0.05, 0.1) is 6.61 Å². The topological polar surface area (TPSA) is 83.9 Å². The molecule has 1 heterocycles. The smallest absolute Gasteiger partial charge is 0.326 e. The molecule has 1 amide bonds. The van der Waals surface area contributed by atoms with Crippen molar-refractivity contribution in [3.63, 3.8) is 0 Å². The number of aryl methyl sites for hydroxylation is 1. The molecule has 3 atom stereocenters. The van der Waals surface area contributed by atoms with Crippen LogP contribution >= 0.6 is 7.37 Å². The van der Waals surface area contributed by atoms with Crippen molar-refractivity contribution in [2.45, 2.75) is 45.1 Å². The first-order valence-corrected chi connectivity index (χ1v) is 13.7. The standard InChI is InChI=1S/C26H34NO5P/c1-2-32-33(31,16-10-9-13-21-11-5-3-6-12-21)20-25(28)27-19-23(18-24(27)26(29)30)17-22-14-7-4-8-15-22/h3-8,11-12,14-15,23-24H,2,9-10,13,16-20H2,1H3,(H,29,30)/t23-,24-,33?/m0/s1. The van der Waals surface area contributed by atoms with Gasteiger partial charge in [-0.1, -0.05) is 60.7 Å². The van der Waals surface area contributed by atoms with Crippen LogP contribution in [0.4, 0.5) is 0 Å². The van der Waals surface area contributed by atoms with Crippen LogP contribution in [0.15, 0.2) is 60.7 Å². The minimum absolute atomic E-state index is 0.0646. The van der Waals surface area contributed by atoms with Crippen LogP contribution in [-0.2, 0) is 31.5 Å². The molecule has 1 saturated heterocycles. The molecule has 1 aliphatic rings. The SMILES string of the molecule is CCOP(=O)(CCCCc1ccccc1)CC(=O)N1C[C@@H](Cc2ccccc2)C[C@H]1C(=O)O. The summed E-state index contributed by atoms with van der Waals surface area (Å²) in [6, 6.07) is 19.1. The fraction of sp³-hybridized carbons (Fsp3) is 0.462. The van der Waals surface area contributed by atoms with Crippen molar-refractivity contribution in [2.75, 3.05) is 25.5 Å². The lowest BCUT2D eigenvalue weighted by atomic mass is 9.97. The van der Waals surface area contributed by atoms with Crippen LogP contribution in [0.3, 0.4) is 0 Å². The van der Waals surface area contributed by atoms with Crippen molar-refractivity contribution >= 4 is 19.2 Å². The van der Waals surface area contributed by atoms with E-state index >= 15 is 0 Å². The fourth-order valence-electron chi connectivity index (χ4n) is 4.58. The van der Waals surface area contributed by atoms with Crippen LogP contribution in [0.5, 0.6) is 0 Å². The van der Waals surface area contributed by atoms with E-state index in [0.29, 0.717) is 25.5 Å². The molecule has 0 saturated carbocycles. The number of carbonyl (C=O) groups excluding carboxylic acids is 1. The van der Waals surface area contributed by atoms with E-state index in [9.17, 15) is 19.3 Å². The largest absolute Gasteiger partial charge is 0.480 e. The average Bonchev–Trinajstić information content (AvgIpc) is 3.23. The van der Waals surface area contributed by atoms with E-state index in [2.05, 4.69) is 12.1 Å². The van der Waals surface area contributed by atoms with Gasteiger partial charge in [-0.05, 0) is 56.1 Å². The fourth-order valence-corrected chi connectivity index (χ4v) is 6.72. The Kier molecular flexibility index (Phi) is 9.28. The number of carboxylic acid groups (broad SMARTS) is 1. The van der Waals surface area contributed by atoms with E-state index < -0.39 is 19.4 Å². The highest BCUT2D eigenvalue weighted by Gasteiger charge is 2.41. The maximum atomic E-state index is 13.4. The Morgan fingerprint density at radius 3 is 2.27 bits per heavy atom. The van der Waals surface area contributed by atoms with Crippen molar-refractivity contribution in [3.8, 4) is 0 Å². The third-order valence-corrected chi connectivity index (χ3v) is 8.64. The predicted molar refractivity (Wildman–Crippen MR) is 130 cm³/mol. The normalized spacial score (nSPS) is 19.8. The lowest BCUT2D eigenvalue weighted by molar-refractivity contribution is -0.147. The molecule has 1 unspecified atom stereocenters. The highest BCUT2D eigenvalue weighted by atomic mass is 31.2. The minimum Gasteiger partial charge on any atom is -0.480 e. The number of rotatable bonds is 12. The number of carbonyl (C=O) groups is 2. The third-order valence-electron chi connectivity index (χ3n) is 6.16. The Labute approximate surface area is 196 Å². The van der Waals surface area contributed by atoms with Crippen LogP contribution in [-0.4, -0.2) is 53.4 Å². The van der Waals surface area contributed by atoms with E-state index in [1.54, 1.807) is 6.92 Å². The number of unbranched alkanes of at least 4 members (excludes halogenated alkanes) is 1. The van der Waals surface area contributed by atoms with Gasteiger partial charge in [-0.2, -0.15) is 0 Å². The zero-order valence-corrected chi connectivity index (χ0v) is 20.2. The van der Waals surface area contributed by atoms with Gasteiger partial charge in [-0.15, -0.1) is 0 Å². The zero-order valence-electron chi connectivity index (χ0n) is 19.3. The molecule has 0 aliphatic carbocycles. The van der Waals surface area contributed by atoms with Crippen molar-refractivity contribution in [1.29, 1.82) is 0 Å². The van der Waals surface area contributed by atoms with Crippen LogP contribution in [0.25, 0.3) is 0 Å². The Morgan fingerprint density at radius 2 is 1.67 bits per heavy atom. The number of amides is 1. The molecule has 0 spiro atoms. The molecule has 2 aromatic carbocycles. The quantitative estimate of drug-likeness (QED) is 0.353. The van der Waals surface area contributed by atoms with Gasteiger partial charge < -0.3 is 14.5 Å². The van der Waals surface area contributed by atoms with Crippen molar-refractivity contribution < 1.29 is 23.8 Å². The van der Waals surface area contributed by atoms with E-state index in [4.69, 9.17) is 4.52 Å². The summed E-state index contributed by atoms with van der Waals surface area (Å²) in [5.74, 6) is -1.32. The number of hydrogen-bond acceptors (Lipinski definition) is 4. The summed E-state index contributed by atoms with van der Waals surface area (Å²) in [4.78, 5) is 26.4. The van der Waals surface area contributed by atoms with Gasteiger partial charge in [0.1, 0.15) is 12.2 Å². The molecule has 6 nitrogen and oxygen atoms in total. The first kappa shape index (κ1) is 25.2. The second-order valence-corrected chi connectivity index (χ2v) is 11.4. The number of nitrogens with zero attached hydrogens (tertiary/aromatic N) is 1. The minimum atomic E-state index is -3.18. The van der Waals surface area contributed by atoms with Gasteiger partial charge in [0.2, 0.25) is 13.3 Å². The van der Waals surface area contributed by atoms with E-state index in [1.807, 2.05) is 48.5 Å². The molecule has 1 fully saturated rings. The Hall–Kier alpha value is -2.43. The highest BCUT2D eigenvalue weighted by molar-refractivity contribution is 7.59. The van der Waals surface area contributed by atoms with Crippen molar-refractivity contribution in [2.24, 2.45) is 5.92 Å². The average molecular weight is 472 g/mol. The molecule has 178 valence electrons. The van der Waals surface area contributed by atoms with E-state index in [1.165, 1.54) is 10.5 Å². The molecule has 7 heteroatoms. The lowest BCUT2D eigenvalue weighted by Gasteiger charge is -2.25. The molecule has 33 heavy (non-hydrogen) atoms. The maximum Gasteiger partial charge on any atom is 0.326 e. The molecular formula is C26H34NO5P. The van der Waals surface area contributed by atoms with Gasteiger partial charge in [-0.3, -0.25) is 9.36 Å². The number of hydrogen-bond donors (Lipinski definition) is 1. The van der Waals surface area contributed by atoms with E-state index in [-0.39, 0.29) is 24.6 Å². The van der Waals surface area contributed by atoms with Crippen LogP contribution in [0, 0.1) is 5.92 Å². The second kappa shape index (κ2) is 12.2. The summed E-state index contributed by atoms with van der Waals surface area (Å²) in [5, 5.41) is 9.71. The Bertz CT molecular complexity index is 950. The summed E-state index contributed by atoms with van der Waals surface area (Å²) in [6.45, 7) is 2.40.